The molecule has 1 saturated heterocycles. The van der Waals surface area contributed by atoms with Crippen LogP contribution < -0.4 is 19.6 Å². The highest BCUT2D eigenvalue weighted by atomic mass is 28.3. The Morgan fingerprint density at radius 2 is 1.72 bits per heavy atom. The van der Waals surface area contributed by atoms with Gasteiger partial charge >= 0.3 is 5.97 Å². The van der Waals surface area contributed by atoms with Gasteiger partial charge in [0.25, 0.3) is 5.91 Å². The van der Waals surface area contributed by atoms with E-state index >= 15 is 0 Å². The van der Waals surface area contributed by atoms with Gasteiger partial charge in [-0.15, -0.1) is 0 Å². The molecule has 2 aromatic rings. The predicted octanol–water partition coefficient (Wildman–Crippen LogP) is 3.99. The largest absolute Gasteiger partial charge is 0.497 e. The van der Waals surface area contributed by atoms with Crippen molar-refractivity contribution < 1.29 is 33.6 Å². The molecule has 1 N–H and O–H groups in total. The number of methoxy groups -OCH3 is 3. The Balaban J connectivity index is 1.74. The van der Waals surface area contributed by atoms with E-state index in [-0.39, 0.29) is 36.0 Å². The summed E-state index contributed by atoms with van der Waals surface area (Å²) in [6.45, 7) is 7.22. The minimum Gasteiger partial charge on any atom is -0.497 e. The minimum atomic E-state index is -2.23. The van der Waals surface area contributed by atoms with Gasteiger partial charge in [-0.3, -0.25) is 9.59 Å². The molecule has 8 nitrogen and oxygen atoms in total. The van der Waals surface area contributed by atoms with Crippen LogP contribution in [0.1, 0.15) is 38.2 Å². The maximum absolute atomic E-state index is 14.4. The zero-order chi connectivity index (χ0) is 28.4. The molecule has 2 aliphatic heterocycles. The van der Waals surface area contributed by atoms with E-state index < -0.39 is 13.7 Å². The number of amides is 1. The molecule has 0 aromatic heterocycles. The molecule has 1 amide bonds. The van der Waals surface area contributed by atoms with Gasteiger partial charge in [0.05, 0.1) is 41.2 Å². The number of carbonyl (C=O) groups is 2. The molecule has 212 valence electrons. The van der Waals surface area contributed by atoms with Crippen molar-refractivity contribution in [3.8, 4) is 11.5 Å². The van der Waals surface area contributed by atoms with E-state index in [1.54, 1.807) is 14.2 Å². The number of rotatable bonds is 11. The Morgan fingerprint density at radius 1 is 1.05 bits per heavy atom. The lowest BCUT2D eigenvalue weighted by Crippen LogP contribution is -2.52. The quantitative estimate of drug-likeness (QED) is 0.255. The van der Waals surface area contributed by atoms with Crippen LogP contribution in [0.25, 0.3) is 0 Å². The van der Waals surface area contributed by atoms with Crippen molar-refractivity contribution in [1.29, 1.82) is 0 Å². The highest BCUT2D eigenvalue weighted by molar-refractivity contribution is 6.91. The molecule has 0 bridgehead atoms. The van der Waals surface area contributed by atoms with Crippen molar-refractivity contribution in [3.63, 3.8) is 0 Å². The molecule has 2 aromatic carbocycles. The van der Waals surface area contributed by atoms with Crippen LogP contribution in [0.5, 0.6) is 11.5 Å². The number of aliphatic hydroxyl groups excluding tert-OH is 1. The van der Waals surface area contributed by atoms with Crippen LogP contribution in [0.4, 0.5) is 5.69 Å². The second-order valence-electron chi connectivity index (χ2n) is 11.0. The molecule has 9 heteroatoms. The Labute approximate surface area is 232 Å². The van der Waals surface area contributed by atoms with E-state index in [4.69, 9.17) is 18.9 Å². The fraction of sp³-hybridized carbons (Fsp3) is 0.533. The molecule has 4 rings (SSSR count). The Kier molecular flexibility index (Phi) is 8.73. The molecule has 0 unspecified atom stereocenters. The number of ether oxygens (including phenoxy) is 4. The van der Waals surface area contributed by atoms with Crippen molar-refractivity contribution in [2.75, 3.05) is 39.4 Å². The maximum atomic E-state index is 14.4. The number of anilines is 1. The van der Waals surface area contributed by atoms with Crippen LogP contribution in [0, 0.1) is 5.92 Å². The number of fused-ring (bicyclic) bond motifs is 2. The molecule has 39 heavy (non-hydrogen) atoms. The molecule has 2 heterocycles. The standard InChI is InChI=1S/C30H41NO7Si/c1-20-28(39(5,6)23-13-10-21(35-2)11-14-23)26(16-18-32)38-30(20)24-19-22(36-3)12-15-25(24)31(29(30)34)17-8-7-9-27(33)37-4/h10-15,19-20,26,28,32H,7-9,16-18H2,1-6H3/t20-,26+,28-,30+/m1/s1. The van der Waals surface area contributed by atoms with Crippen molar-refractivity contribution in [1.82, 2.24) is 0 Å². The first kappa shape index (κ1) is 29.1. The zero-order valence-electron chi connectivity index (χ0n) is 23.9. The topological polar surface area (TPSA) is 94.5 Å². The third-order valence-electron chi connectivity index (χ3n) is 8.70. The first-order chi connectivity index (χ1) is 18.6. The van der Waals surface area contributed by atoms with Gasteiger partial charge in [-0.25, -0.2) is 0 Å². The maximum Gasteiger partial charge on any atom is 0.305 e. The van der Waals surface area contributed by atoms with Crippen molar-refractivity contribution in [2.45, 2.75) is 62.9 Å². The second-order valence-corrected chi connectivity index (χ2v) is 15.7. The smallest absolute Gasteiger partial charge is 0.305 e. The Morgan fingerprint density at radius 3 is 2.33 bits per heavy atom. The van der Waals surface area contributed by atoms with Gasteiger partial charge in [0.15, 0.2) is 5.60 Å². The number of carbonyl (C=O) groups excluding carboxylic acids is 2. The van der Waals surface area contributed by atoms with Gasteiger partial charge in [0.1, 0.15) is 11.5 Å². The molecular weight excluding hydrogens is 514 g/mol. The summed E-state index contributed by atoms with van der Waals surface area (Å²) in [6, 6.07) is 13.9. The van der Waals surface area contributed by atoms with Crippen molar-refractivity contribution in [3.05, 3.63) is 48.0 Å². The highest BCUT2D eigenvalue weighted by Crippen LogP contribution is 2.60. The minimum absolute atomic E-state index is 0.0204. The molecule has 1 spiro atoms. The van der Waals surface area contributed by atoms with Crippen molar-refractivity contribution in [2.24, 2.45) is 5.92 Å². The fourth-order valence-electron chi connectivity index (χ4n) is 6.68. The highest BCUT2D eigenvalue weighted by Gasteiger charge is 2.66. The molecule has 2 aliphatic rings. The molecule has 1 fully saturated rings. The summed E-state index contributed by atoms with van der Waals surface area (Å²) in [5.41, 5.74) is 0.531. The van der Waals surface area contributed by atoms with E-state index in [9.17, 15) is 14.7 Å². The number of unbranched alkanes of at least 4 members (excludes halogenated alkanes) is 1. The third-order valence-corrected chi connectivity index (χ3v) is 13.1. The van der Waals surface area contributed by atoms with Crippen LogP contribution in [0.15, 0.2) is 42.5 Å². The van der Waals surface area contributed by atoms with E-state index in [0.717, 1.165) is 17.0 Å². The number of aliphatic hydroxyl groups is 1. The summed E-state index contributed by atoms with van der Waals surface area (Å²) in [7, 11) is 2.43. The summed E-state index contributed by atoms with van der Waals surface area (Å²) in [6.07, 6.45) is 1.77. The second kappa shape index (κ2) is 11.7. The Bertz CT molecular complexity index is 1180. The van der Waals surface area contributed by atoms with Gasteiger partial charge in [0.2, 0.25) is 0 Å². The van der Waals surface area contributed by atoms with Crippen LogP contribution in [0.3, 0.4) is 0 Å². The fourth-order valence-corrected chi connectivity index (χ4v) is 10.7. The van der Waals surface area contributed by atoms with E-state index in [1.165, 1.54) is 12.3 Å². The van der Waals surface area contributed by atoms with Gasteiger partial charge in [-0.1, -0.05) is 37.3 Å². The van der Waals surface area contributed by atoms with E-state index in [0.29, 0.717) is 38.0 Å². The van der Waals surface area contributed by atoms with Gasteiger partial charge in [-0.05, 0) is 55.1 Å². The lowest BCUT2D eigenvalue weighted by atomic mass is 9.82. The van der Waals surface area contributed by atoms with Crippen LogP contribution in [-0.4, -0.2) is 65.6 Å². The predicted molar refractivity (Wildman–Crippen MR) is 152 cm³/mol. The summed E-state index contributed by atoms with van der Waals surface area (Å²) < 4.78 is 22.6. The lowest BCUT2D eigenvalue weighted by molar-refractivity contribution is -0.146. The van der Waals surface area contributed by atoms with Crippen molar-refractivity contribution >= 4 is 30.8 Å². The van der Waals surface area contributed by atoms with Crippen LogP contribution >= 0.6 is 0 Å². The summed E-state index contributed by atoms with van der Waals surface area (Å²) in [5, 5.41) is 11.3. The molecule has 4 atom stereocenters. The zero-order valence-corrected chi connectivity index (χ0v) is 24.9. The summed E-state index contributed by atoms with van der Waals surface area (Å²) in [5.74, 6) is 0.991. The number of hydrogen-bond acceptors (Lipinski definition) is 7. The average Bonchev–Trinajstić information content (AvgIpc) is 3.37. The number of hydrogen-bond donors (Lipinski definition) is 1. The SMILES string of the molecule is COC(=O)CCCCN1C(=O)[C@@]2(O[C@@H](CCO)[C@H]([Si](C)(C)c3ccc(OC)cc3)[C@H]2C)c2cc(OC)ccc21. The molecule has 0 radical (unpaired) electrons. The molecule has 0 saturated carbocycles. The first-order valence-electron chi connectivity index (χ1n) is 13.7. The number of nitrogens with zero attached hydrogens (tertiary/aromatic N) is 1. The lowest BCUT2D eigenvalue weighted by Gasteiger charge is -2.37. The van der Waals surface area contributed by atoms with Gasteiger partial charge in [-0.2, -0.15) is 0 Å². The average molecular weight is 556 g/mol. The van der Waals surface area contributed by atoms with E-state index in [2.05, 4.69) is 32.2 Å². The normalized spacial score (nSPS) is 24.2. The molecular formula is C30H41NO7Si. The first-order valence-corrected chi connectivity index (χ1v) is 16.7. The van der Waals surface area contributed by atoms with Gasteiger partial charge in [0, 0.05) is 31.1 Å². The number of esters is 1. The molecule has 0 aliphatic carbocycles. The van der Waals surface area contributed by atoms with Crippen LogP contribution in [0.2, 0.25) is 18.6 Å². The van der Waals surface area contributed by atoms with E-state index in [1.807, 2.05) is 35.2 Å². The Hall–Kier alpha value is -2.88. The monoisotopic (exact) mass is 555 g/mol. The number of benzene rings is 2. The summed E-state index contributed by atoms with van der Waals surface area (Å²) in [4.78, 5) is 27.8. The van der Waals surface area contributed by atoms with Crippen LogP contribution in [-0.2, 0) is 24.7 Å². The summed E-state index contributed by atoms with van der Waals surface area (Å²) >= 11 is 0. The third kappa shape index (κ3) is 5.07. The van der Waals surface area contributed by atoms with Gasteiger partial charge < -0.3 is 29.0 Å².